The van der Waals surface area contributed by atoms with Gasteiger partial charge in [0.2, 0.25) is 0 Å². The van der Waals surface area contributed by atoms with E-state index >= 15 is 0 Å². The molecule has 0 saturated carbocycles. The van der Waals surface area contributed by atoms with Crippen molar-refractivity contribution in [3.63, 3.8) is 0 Å². The number of piperazine rings is 1. The summed E-state index contributed by atoms with van der Waals surface area (Å²) in [4.78, 5) is 16.9. The molecule has 0 bridgehead atoms. The van der Waals surface area contributed by atoms with Gasteiger partial charge in [0.05, 0.1) is 20.3 Å². The lowest BCUT2D eigenvalue weighted by Gasteiger charge is -2.39. The molecule has 2 aromatic rings. The van der Waals surface area contributed by atoms with Crippen LogP contribution in [0.15, 0.2) is 36.4 Å². The summed E-state index contributed by atoms with van der Waals surface area (Å²) in [7, 11) is 5.33. The van der Waals surface area contributed by atoms with Gasteiger partial charge in [-0.1, -0.05) is 12.1 Å². The van der Waals surface area contributed by atoms with Crippen LogP contribution >= 0.6 is 0 Å². The number of carbonyl (C=O) groups excluding carboxylic acids is 1. The summed E-state index contributed by atoms with van der Waals surface area (Å²) in [5.41, 5.74) is 3.46. The van der Waals surface area contributed by atoms with E-state index in [4.69, 9.17) is 14.2 Å². The average Bonchev–Trinajstić information content (AvgIpc) is 2.74. The first-order valence-electron chi connectivity index (χ1n) is 9.83. The predicted molar refractivity (Wildman–Crippen MR) is 113 cm³/mol. The normalized spacial score (nSPS) is 17.1. The fourth-order valence-corrected chi connectivity index (χ4v) is 3.56. The van der Waals surface area contributed by atoms with Crippen LogP contribution < -0.4 is 14.2 Å². The first-order chi connectivity index (χ1) is 13.9. The van der Waals surface area contributed by atoms with E-state index in [9.17, 15) is 4.79 Å². The Morgan fingerprint density at radius 1 is 1.00 bits per heavy atom. The molecule has 1 fully saturated rings. The van der Waals surface area contributed by atoms with Crippen molar-refractivity contribution >= 4 is 5.91 Å². The van der Waals surface area contributed by atoms with Crippen LogP contribution in [0.4, 0.5) is 0 Å². The minimum atomic E-state index is 0.00167. The summed E-state index contributed by atoms with van der Waals surface area (Å²) in [5, 5.41) is 0. The van der Waals surface area contributed by atoms with Gasteiger partial charge in [0.1, 0.15) is 5.75 Å². The maximum Gasteiger partial charge on any atom is 0.260 e. The average molecular weight is 399 g/mol. The van der Waals surface area contributed by atoms with Crippen LogP contribution in [0.25, 0.3) is 0 Å². The third-order valence-electron chi connectivity index (χ3n) is 5.63. The van der Waals surface area contributed by atoms with Crippen molar-refractivity contribution in [3.8, 4) is 17.2 Å². The number of carbonyl (C=O) groups is 1. The van der Waals surface area contributed by atoms with Crippen LogP contribution in [0, 0.1) is 13.8 Å². The molecule has 1 heterocycles. The van der Waals surface area contributed by atoms with Crippen molar-refractivity contribution in [1.29, 1.82) is 0 Å². The monoisotopic (exact) mass is 398 g/mol. The van der Waals surface area contributed by atoms with Crippen LogP contribution in [0.3, 0.4) is 0 Å². The molecule has 0 spiro atoms. The number of methoxy groups -OCH3 is 2. The SMILES string of the molecule is COc1ccc(C2CN(C(=O)COc3ccc(C)c(C)c3)CCN2C)cc1OC. The zero-order chi connectivity index (χ0) is 21.0. The number of benzene rings is 2. The lowest BCUT2D eigenvalue weighted by Crippen LogP contribution is -2.50. The Kier molecular flexibility index (Phi) is 6.64. The molecule has 0 N–H and O–H groups in total. The fourth-order valence-electron chi connectivity index (χ4n) is 3.56. The highest BCUT2D eigenvalue weighted by Gasteiger charge is 2.29. The van der Waals surface area contributed by atoms with Gasteiger partial charge < -0.3 is 19.1 Å². The zero-order valence-corrected chi connectivity index (χ0v) is 17.9. The number of likely N-dealkylation sites (N-methyl/N-ethyl adjacent to an activating group) is 1. The zero-order valence-electron chi connectivity index (χ0n) is 17.9. The Morgan fingerprint density at radius 2 is 1.76 bits per heavy atom. The second kappa shape index (κ2) is 9.18. The van der Waals surface area contributed by atoms with Gasteiger partial charge in [-0.05, 0) is 61.9 Å². The summed E-state index contributed by atoms with van der Waals surface area (Å²) in [6, 6.07) is 11.9. The van der Waals surface area contributed by atoms with E-state index in [1.165, 1.54) is 5.56 Å². The molecule has 156 valence electrons. The Hall–Kier alpha value is -2.73. The Bertz CT molecular complexity index is 868. The number of nitrogens with zero attached hydrogens (tertiary/aromatic N) is 2. The molecule has 0 radical (unpaired) electrons. The van der Waals surface area contributed by atoms with Crippen LogP contribution in [0.5, 0.6) is 17.2 Å². The number of rotatable bonds is 6. The van der Waals surface area contributed by atoms with E-state index in [0.29, 0.717) is 24.6 Å². The number of amides is 1. The summed E-state index contributed by atoms with van der Waals surface area (Å²) in [5.74, 6) is 2.12. The number of hydrogen-bond donors (Lipinski definition) is 0. The van der Waals surface area contributed by atoms with Crippen molar-refractivity contribution in [1.82, 2.24) is 9.80 Å². The summed E-state index contributed by atoms with van der Waals surface area (Å²) < 4.78 is 16.5. The molecule has 0 aromatic heterocycles. The highest BCUT2D eigenvalue weighted by atomic mass is 16.5. The van der Waals surface area contributed by atoms with E-state index in [1.54, 1.807) is 14.2 Å². The van der Waals surface area contributed by atoms with E-state index in [2.05, 4.69) is 18.9 Å². The summed E-state index contributed by atoms with van der Waals surface area (Å²) >= 11 is 0. The van der Waals surface area contributed by atoms with Crippen LogP contribution in [-0.4, -0.2) is 63.2 Å². The highest BCUT2D eigenvalue weighted by Crippen LogP contribution is 2.33. The second-order valence-electron chi connectivity index (χ2n) is 7.49. The van der Waals surface area contributed by atoms with Crippen LogP contribution in [0.1, 0.15) is 22.7 Å². The predicted octanol–water partition coefficient (Wildman–Crippen LogP) is 3.21. The maximum atomic E-state index is 12.8. The number of aryl methyl sites for hydroxylation is 2. The third-order valence-corrected chi connectivity index (χ3v) is 5.63. The molecule has 1 amide bonds. The lowest BCUT2D eigenvalue weighted by molar-refractivity contribution is -0.136. The summed E-state index contributed by atoms with van der Waals surface area (Å²) in [6.45, 7) is 6.25. The van der Waals surface area contributed by atoms with Crippen LogP contribution in [0.2, 0.25) is 0 Å². The molecular weight excluding hydrogens is 368 g/mol. The third kappa shape index (κ3) is 4.82. The molecule has 0 aliphatic carbocycles. The van der Waals surface area contributed by atoms with E-state index in [1.807, 2.05) is 48.2 Å². The molecule has 1 saturated heterocycles. The first kappa shape index (κ1) is 21.0. The topological polar surface area (TPSA) is 51.2 Å². The largest absolute Gasteiger partial charge is 0.493 e. The molecule has 1 aliphatic rings. The molecule has 1 atom stereocenters. The van der Waals surface area contributed by atoms with Gasteiger partial charge in [-0.3, -0.25) is 9.69 Å². The molecule has 29 heavy (non-hydrogen) atoms. The number of hydrogen-bond acceptors (Lipinski definition) is 5. The van der Waals surface area contributed by atoms with Crippen molar-refractivity contribution < 1.29 is 19.0 Å². The van der Waals surface area contributed by atoms with E-state index < -0.39 is 0 Å². The maximum absolute atomic E-state index is 12.8. The van der Waals surface area contributed by atoms with Gasteiger partial charge in [0.25, 0.3) is 5.91 Å². The standard InChI is InChI=1S/C23H30N2O4/c1-16-6-8-19(12-17(16)2)29-15-23(26)25-11-10-24(3)20(14-25)18-7-9-21(27-4)22(13-18)28-5/h6-9,12-13,20H,10-11,14-15H2,1-5H3. The quantitative estimate of drug-likeness (QED) is 0.748. The number of ether oxygens (including phenoxy) is 3. The molecule has 6 heteroatoms. The van der Waals surface area contributed by atoms with Gasteiger partial charge in [0, 0.05) is 19.6 Å². The van der Waals surface area contributed by atoms with Gasteiger partial charge in [0.15, 0.2) is 18.1 Å². The molecule has 3 rings (SSSR count). The van der Waals surface area contributed by atoms with Crippen molar-refractivity contribution in [2.45, 2.75) is 19.9 Å². The molecule has 1 aliphatic heterocycles. The smallest absolute Gasteiger partial charge is 0.260 e. The summed E-state index contributed by atoms with van der Waals surface area (Å²) in [6.07, 6.45) is 0. The molecule has 2 aromatic carbocycles. The highest BCUT2D eigenvalue weighted by molar-refractivity contribution is 5.78. The Morgan fingerprint density at radius 3 is 2.45 bits per heavy atom. The van der Waals surface area contributed by atoms with Crippen molar-refractivity contribution in [3.05, 3.63) is 53.1 Å². The molecular formula is C23H30N2O4. The van der Waals surface area contributed by atoms with Gasteiger partial charge in [-0.2, -0.15) is 0 Å². The molecule has 1 unspecified atom stereocenters. The van der Waals surface area contributed by atoms with Gasteiger partial charge >= 0.3 is 0 Å². The van der Waals surface area contributed by atoms with Gasteiger partial charge in [-0.25, -0.2) is 0 Å². The lowest BCUT2D eigenvalue weighted by atomic mass is 10.0. The van der Waals surface area contributed by atoms with E-state index in [-0.39, 0.29) is 18.6 Å². The second-order valence-corrected chi connectivity index (χ2v) is 7.49. The Labute approximate surface area is 173 Å². The minimum absolute atomic E-state index is 0.00167. The van der Waals surface area contributed by atoms with Crippen LogP contribution in [-0.2, 0) is 4.79 Å². The van der Waals surface area contributed by atoms with Crippen molar-refractivity contribution in [2.75, 3.05) is 47.5 Å². The Balaban J connectivity index is 1.67. The minimum Gasteiger partial charge on any atom is -0.493 e. The van der Waals surface area contributed by atoms with E-state index in [0.717, 1.165) is 23.4 Å². The van der Waals surface area contributed by atoms with Gasteiger partial charge in [-0.15, -0.1) is 0 Å². The first-order valence-corrected chi connectivity index (χ1v) is 9.83. The molecule has 6 nitrogen and oxygen atoms in total. The van der Waals surface area contributed by atoms with Crippen molar-refractivity contribution in [2.24, 2.45) is 0 Å². The fraction of sp³-hybridized carbons (Fsp3) is 0.435.